The fourth-order valence-corrected chi connectivity index (χ4v) is 4.68. The largest absolute Gasteiger partial charge is 0.461 e. The molecular formula is C22H23F3N2O3S. The molecule has 1 aromatic heterocycles. The van der Waals surface area contributed by atoms with Gasteiger partial charge in [-0.1, -0.05) is 36.4 Å². The Balaban J connectivity index is 1.64. The van der Waals surface area contributed by atoms with Crippen molar-refractivity contribution in [3.63, 3.8) is 0 Å². The number of Topliss-reactive ketones (excluding diaryl/α,β-unsaturated/α-hetero) is 1. The van der Waals surface area contributed by atoms with E-state index in [1.165, 1.54) is 0 Å². The van der Waals surface area contributed by atoms with E-state index in [1.807, 2.05) is 39.8 Å². The standard InChI is InChI=1S/C22H23F3N2O3S/c1-11-5-12(2)18(13(3)6-11)19-16(28)7-17(30-20(19)29)14(4)10-31-21-26-8-15(9-27-21)22(23,24)25/h5-6,8-9,14,17,19H,7,10H2,1-4H3. The lowest BCUT2D eigenvalue weighted by atomic mass is 9.82. The Morgan fingerprint density at radius 3 is 2.23 bits per heavy atom. The smallest absolute Gasteiger partial charge is 0.419 e. The van der Waals surface area contributed by atoms with Gasteiger partial charge in [-0.05, 0) is 37.5 Å². The molecule has 2 heterocycles. The van der Waals surface area contributed by atoms with Crippen LogP contribution >= 0.6 is 11.8 Å². The Kier molecular flexibility index (Phi) is 6.73. The van der Waals surface area contributed by atoms with Gasteiger partial charge in [0.05, 0.1) is 5.56 Å². The number of esters is 1. The first-order chi connectivity index (χ1) is 14.5. The first-order valence-corrected chi connectivity index (χ1v) is 10.8. The van der Waals surface area contributed by atoms with Crippen LogP contribution in [0, 0.1) is 26.7 Å². The molecule has 166 valence electrons. The number of ether oxygens (including phenoxy) is 1. The Hall–Kier alpha value is -2.42. The van der Waals surface area contributed by atoms with Crippen LogP contribution in [0.25, 0.3) is 0 Å². The summed E-state index contributed by atoms with van der Waals surface area (Å²) in [7, 11) is 0. The van der Waals surface area contributed by atoms with Crippen LogP contribution in [0.3, 0.4) is 0 Å². The Morgan fingerprint density at radius 2 is 1.71 bits per heavy atom. The lowest BCUT2D eigenvalue weighted by molar-refractivity contribution is -0.162. The average molecular weight is 452 g/mol. The van der Waals surface area contributed by atoms with Crippen molar-refractivity contribution in [1.82, 2.24) is 9.97 Å². The monoisotopic (exact) mass is 452 g/mol. The molecule has 1 aliphatic heterocycles. The summed E-state index contributed by atoms with van der Waals surface area (Å²) >= 11 is 1.16. The fraction of sp³-hybridized carbons (Fsp3) is 0.455. The van der Waals surface area contributed by atoms with E-state index >= 15 is 0 Å². The van der Waals surface area contributed by atoms with E-state index in [4.69, 9.17) is 4.74 Å². The number of aromatic nitrogens is 2. The van der Waals surface area contributed by atoms with Crippen LogP contribution in [-0.2, 0) is 20.5 Å². The Labute approximate surface area is 182 Å². The van der Waals surface area contributed by atoms with Crippen LogP contribution in [0.15, 0.2) is 29.7 Å². The van der Waals surface area contributed by atoms with Crippen molar-refractivity contribution < 1.29 is 27.5 Å². The minimum atomic E-state index is -4.49. The summed E-state index contributed by atoms with van der Waals surface area (Å²) in [6.45, 7) is 7.54. The zero-order valence-corrected chi connectivity index (χ0v) is 18.4. The number of halogens is 3. The van der Waals surface area contributed by atoms with Crippen LogP contribution in [0.2, 0.25) is 0 Å². The summed E-state index contributed by atoms with van der Waals surface area (Å²) in [4.78, 5) is 33.1. The highest BCUT2D eigenvalue weighted by Crippen LogP contribution is 2.35. The maximum atomic E-state index is 12.9. The molecule has 2 aromatic rings. The van der Waals surface area contributed by atoms with Gasteiger partial charge < -0.3 is 4.74 Å². The highest BCUT2D eigenvalue weighted by atomic mass is 32.2. The number of nitrogens with zero attached hydrogens (tertiary/aromatic N) is 2. The van der Waals surface area contributed by atoms with Crippen molar-refractivity contribution in [3.8, 4) is 0 Å². The second-order valence-electron chi connectivity index (χ2n) is 7.93. The number of hydrogen-bond acceptors (Lipinski definition) is 6. The maximum Gasteiger partial charge on any atom is 0.419 e. The lowest BCUT2D eigenvalue weighted by Crippen LogP contribution is -2.41. The molecular weight excluding hydrogens is 429 g/mol. The van der Waals surface area contributed by atoms with Gasteiger partial charge in [0.15, 0.2) is 10.9 Å². The quantitative estimate of drug-likeness (QED) is 0.281. The fourth-order valence-electron chi connectivity index (χ4n) is 3.80. The number of benzene rings is 1. The van der Waals surface area contributed by atoms with Crippen molar-refractivity contribution >= 4 is 23.5 Å². The van der Waals surface area contributed by atoms with Gasteiger partial charge in [0.1, 0.15) is 12.0 Å². The van der Waals surface area contributed by atoms with Crippen molar-refractivity contribution in [1.29, 1.82) is 0 Å². The molecule has 0 radical (unpaired) electrons. The third kappa shape index (κ3) is 5.26. The van der Waals surface area contributed by atoms with E-state index in [-0.39, 0.29) is 23.3 Å². The van der Waals surface area contributed by atoms with Gasteiger partial charge >= 0.3 is 12.1 Å². The normalized spacial score (nSPS) is 20.5. The predicted octanol–water partition coefficient (Wildman–Crippen LogP) is 4.82. The number of alkyl halides is 3. The molecule has 3 atom stereocenters. The Morgan fingerprint density at radius 1 is 1.13 bits per heavy atom. The number of ketones is 1. The van der Waals surface area contributed by atoms with Gasteiger partial charge in [0.25, 0.3) is 0 Å². The second-order valence-corrected chi connectivity index (χ2v) is 8.92. The van der Waals surface area contributed by atoms with E-state index in [0.29, 0.717) is 11.3 Å². The minimum absolute atomic E-state index is 0.0960. The first-order valence-electron chi connectivity index (χ1n) is 9.80. The van der Waals surface area contributed by atoms with E-state index < -0.39 is 29.7 Å². The number of carbonyl (C=O) groups is 2. The molecule has 5 nitrogen and oxygen atoms in total. The van der Waals surface area contributed by atoms with E-state index in [0.717, 1.165) is 40.8 Å². The SMILES string of the molecule is Cc1cc(C)c(C2C(=O)CC(C(C)CSc3ncc(C(F)(F)F)cn3)OC2=O)c(C)c1. The van der Waals surface area contributed by atoms with E-state index in [9.17, 15) is 22.8 Å². The molecule has 1 aromatic carbocycles. The zero-order chi connectivity index (χ0) is 22.9. The summed E-state index contributed by atoms with van der Waals surface area (Å²) in [5.74, 6) is -1.47. The number of rotatable bonds is 5. The molecule has 31 heavy (non-hydrogen) atoms. The second kappa shape index (κ2) is 8.98. The number of cyclic esters (lactones) is 1. The highest BCUT2D eigenvalue weighted by molar-refractivity contribution is 7.99. The lowest BCUT2D eigenvalue weighted by Gasteiger charge is -2.32. The molecule has 0 amide bonds. The first kappa shape index (κ1) is 23.2. The summed E-state index contributed by atoms with van der Waals surface area (Å²) in [5, 5.41) is 0.192. The summed E-state index contributed by atoms with van der Waals surface area (Å²) in [5.41, 5.74) is 2.62. The summed E-state index contributed by atoms with van der Waals surface area (Å²) in [6.07, 6.45) is -3.51. The minimum Gasteiger partial charge on any atom is -0.461 e. The molecule has 3 unspecified atom stereocenters. The molecule has 0 N–H and O–H groups in total. The third-order valence-corrected chi connectivity index (χ3v) is 6.48. The number of hydrogen-bond donors (Lipinski definition) is 0. The molecule has 1 aliphatic rings. The van der Waals surface area contributed by atoms with Gasteiger partial charge in [-0.2, -0.15) is 13.2 Å². The van der Waals surface area contributed by atoms with E-state index in [1.54, 1.807) is 0 Å². The molecule has 0 aliphatic carbocycles. The van der Waals surface area contributed by atoms with Crippen molar-refractivity contribution in [2.45, 2.75) is 57.5 Å². The Bertz CT molecular complexity index is 951. The predicted molar refractivity (Wildman–Crippen MR) is 110 cm³/mol. The molecule has 0 bridgehead atoms. The number of aryl methyl sites for hydroxylation is 3. The maximum absolute atomic E-state index is 12.9. The third-order valence-electron chi connectivity index (χ3n) is 5.32. The average Bonchev–Trinajstić information content (AvgIpc) is 2.67. The van der Waals surface area contributed by atoms with Gasteiger partial charge in [-0.15, -0.1) is 0 Å². The van der Waals surface area contributed by atoms with Crippen LogP contribution in [0.1, 0.15) is 47.1 Å². The molecule has 3 rings (SSSR count). The van der Waals surface area contributed by atoms with Crippen molar-refractivity contribution in [2.24, 2.45) is 5.92 Å². The highest BCUT2D eigenvalue weighted by Gasteiger charge is 2.41. The van der Waals surface area contributed by atoms with Crippen LogP contribution < -0.4 is 0 Å². The summed E-state index contributed by atoms with van der Waals surface area (Å²) < 4.78 is 43.4. The number of carbonyl (C=O) groups excluding carboxylic acids is 2. The molecule has 0 saturated carbocycles. The molecule has 1 fully saturated rings. The van der Waals surface area contributed by atoms with Crippen LogP contribution in [0.5, 0.6) is 0 Å². The van der Waals surface area contributed by atoms with Crippen molar-refractivity contribution in [2.75, 3.05) is 5.75 Å². The van der Waals surface area contributed by atoms with Crippen LogP contribution in [-0.4, -0.2) is 33.6 Å². The van der Waals surface area contributed by atoms with Gasteiger partial charge in [0.2, 0.25) is 0 Å². The molecule has 9 heteroatoms. The topological polar surface area (TPSA) is 69.2 Å². The molecule has 0 spiro atoms. The zero-order valence-electron chi connectivity index (χ0n) is 17.6. The van der Waals surface area contributed by atoms with E-state index in [2.05, 4.69) is 9.97 Å². The van der Waals surface area contributed by atoms with Gasteiger partial charge in [-0.3, -0.25) is 9.59 Å². The van der Waals surface area contributed by atoms with Crippen molar-refractivity contribution in [3.05, 3.63) is 52.3 Å². The van der Waals surface area contributed by atoms with Crippen LogP contribution in [0.4, 0.5) is 13.2 Å². The van der Waals surface area contributed by atoms with Gasteiger partial charge in [0, 0.05) is 30.5 Å². The summed E-state index contributed by atoms with van der Waals surface area (Å²) in [6, 6.07) is 3.89. The van der Waals surface area contributed by atoms with Gasteiger partial charge in [-0.25, -0.2) is 9.97 Å². The number of thioether (sulfide) groups is 1. The molecule has 1 saturated heterocycles.